The predicted octanol–water partition coefficient (Wildman–Crippen LogP) is 2.28. The molecule has 0 saturated heterocycles. The van der Waals surface area contributed by atoms with Crippen molar-refractivity contribution in [2.45, 2.75) is 13.8 Å². The molecule has 2 N–H and O–H groups in total. The van der Waals surface area contributed by atoms with Gasteiger partial charge in [-0.05, 0) is 32.0 Å². The predicted molar refractivity (Wildman–Crippen MR) is 62.5 cm³/mol. The van der Waals surface area contributed by atoms with Gasteiger partial charge in [0.1, 0.15) is 0 Å². The number of aryl methyl sites for hydroxylation is 2. The molecular weight excluding hydrogens is 202 g/mol. The SMILES string of the molecule is Cc1cc(C(=O)Nc2ccncc2)c(C)[nH]1. The fraction of sp³-hybridized carbons (Fsp3) is 0.167. The Labute approximate surface area is 93.7 Å². The van der Waals surface area contributed by atoms with Crippen LogP contribution in [-0.4, -0.2) is 15.9 Å². The molecule has 1 amide bonds. The van der Waals surface area contributed by atoms with Gasteiger partial charge < -0.3 is 10.3 Å². The molecule has 0 atom stereocenters. The topological polar surface area (TPSA) is 57.8 Å². The number of anilines is 1. The number of nitrogens with zero attached hydrogens (tertiary/aromatic N) is 1. The van der Waals surface area contributed by atoms with E-state index in [1.807, 2.05) is 19.9 Å². The van der Waals surface area contributed by atoms with Crippen LogP contribution in [0.3, 0.4) is 0 Å². The van der Waals surface area contributed by atoms with E-state index in [4.69, 9.17) is 0 Å². The molecule has 0 unspecified atom stereocenters. The summed E-state index contributed by atoms with van der Waals surface area (Å²) in [5, 5.41) is 2.81. The lowest BCUT2D eigenvalue weighted by Crippen LogP contribution is -2.12. The van der Waals surface area contributed by atoms with Crippen molar-refractivity contribution in [2.75, 3.05) is 5.32 Å². The molecule has 4 heteroatoms. The molecule has 2 heterocycles. The van der Waals surface area contributed by atoms with Crippen molar-refractivity contribution in [3.63, 3.8) is 0 Å². The van der Waals surface area contributed by atoms with E-state index in [0.29, 0.717) is 5.56 Å². The molecule has 0 saturated carbocycles. The number of amides is 1. The number of hydrogen-bond donors (Lipinski definition) is 2. The molecule has 0 fully saturated rings. The smallest absolute Gasteiger partial charge is 0.257 e. The van der Waals surface area contributed by atoms with Crippen molar-refractivity contribution in [3.8, 4) is 0 Å². The van der Waals surface area contributed by atoms with Crippen LogP contribution in [0.4, 0.5) is 5.69 Å². The first-order valence-electron chi connectivity index (χ1n) is 5.04. The Morgan fingerprint density at radius 2 is 2.00 bits per heavy atom. The van der Waals surface area contributed by atoms with Crippen molar-refractivity contribution >= 4 is 11.6 Å². The van der Waals surface area contributed by atoms with Gasteiger partial charge in [-0.2, -0.15) is 0 Å². The molecule has 0 bridgehead atoms. The summed E-state index contributed by atoms with van der Waals surface area (Å²) in [6.45, 7) is 3.81. The lowest BCUT2D eigenvalue weighted by atomic mass is 10.2. The summed E-state index contributed by atoms with van der Waals surface area (Å²) in [5.41, 5.74) is 3.29. The highest BCUT2D eigenvalue weighted by Gasteiger charge is 2.11. The van der Waals surface area contributed by atoms with Gasteiger partial charge in [0.2, 0.25) is 0 Å². The Hall–Kier alpha value is -2.10. The minimum Gasteiger partial charge on any atom is -0.362 e. The van der Waals surface area contributed by atoms with Crippen molar-refractivity contribution < 1.29 is 4.79 Å². The van der Waals surface area contributed by atoms with E-state index in [0.717, 1.165) is 17.1 Å². The molecule has 16 heavy (non-hydrogen) atoms. The summed E-state index contributed by atoms with van der Waals surface area (Å²) in [6.07, 6.45) is 3.29. The van der Waals surface area contributed by atoms with Gasteiger partial charge in [0, 0.05) is 29.5 Å². The molecule has 2 aromatic heterocycles. The van der Waals surface area contributed by atoms with E-state index in [1.54, 1.807) is 24.5 Å². The molecule has 0 aromatic carbocycles. The average Bonchev–Trinajstić information content (AvgIpc) is 2.59. The Balaban J connectivity index is 2.18. The summed E-state index contributed by atoms with van der Waals surface area (Å²) in [4.78, 5) is 18.9. The Kier molecular flexibility index (Phi) is 2.72. The molecule has 0 aliphatic heterocycles. The summed E-state index contributed by atoms with van der Waals surface area (Å²) < 4.78 is 0. The maximum absolute atomic E-state index is 11.9. The van der Waals surface area contributed by atoms with E-state index in [2.05, 4.69) is 15.3 Å². The lowest BCUT2D eigenvalue weighted by molar-refractivity contribution is 0.102. The van der Waals surface area contributed by atoms with Gasteiger partial charge in [-0.1, -0.05) is 0 Å². The standard InChI is InChI=1S/C12H13N3O/c1-8-7-11(9(2)14-8)12(16)15-10-3-5-13-6-4-10/h3-7,14H,1-2H3,(H,13,15,16). The van der Waals surface area contributed by atoms with E-state index in [-0.39, 0.29) is 5.91 Å². The fourth-order valence-corrected chi connectivity index (χ4v) is 1.59. The van der Waals surface area contributed by atoms with Crippen molar-refractivity contribution in [1.82, 2.24) is 9.97 Å². The molecule has 4 nitrogen and oxygen atoms in total. The van der Waals surface area contributed by atoms with Crippen LogP contribution in [-0.2, 0) is 0 Å². The van der Waals surface area contributed by atoms with Gasteiger partial charge in [-0.15, -0.1) is 0 Å². The first-order chi connectivity index (χ1) is 7.66. The van der Waals surface area contributed by atoms with Crippen molar-refractivity contribution in [2.24, 2.45) is 0 Å². The third-order valence-electron chi connectivity index (χ3n) is 2.33. The van der Waals surface area contributed by atoms with E-state index in [1.165, 1.54) is 0 Å². The molecule has 2 rings (SSSR count). The number of carbonyl (C=O) groups is 1. The first kappa shape index (κ1) is 10.4. The van der Waals surface area contributed by atoms with Crippen LogP contribution in [0.1, 0.15) is 21.7 Å². The number of aromatic nitrogens is 2. The summed E-state index contributed by atoms with van der Waals surface area (Å²) >= 11 is 0. The maximum atomic E-state index is 11.9. The van der Waals surface area contributed by atoms with Gasteiger partial charge >= 0.3 is 0 Å². The van der Waals surface area contributed by atoms with Crippen LogP contribution in [0, 0.1) is 13.8 Å². The number of pyridine rings is 1. The number of nitrogens with one attached hydrogen (secondary N) is 2. The van der Waals surface area contributed by atoms with Gasteiger partial charge in [-0.3, -0.25) is 9.78 Å². The van der Waals surface area contributed by atoms with Crippen LogP contribution in [0.25, 0.3) is 0 Å². The van der Waals surface area contributed by atoms with E-state index >= 15 is 0 Å². The Bertz CT molecular complexity index is 502. The second-order valence-electron chi connectivity index (χ2n) is 3.68. The highest BCUT2D eigenvalue weighted by atomic mass is 16.1. The first-order valence-corrected chi connectivity index (χ1v) is 5.04. The number of carbonyl (C=O) groups excluding carboxylic acids is 1. The Morgan fingerprint density at radius 1 is 1.31 bits per heavy atom. The molecule has 0 radical (unpaired) electrons. The largest absolute Gasteiger partial charge is 0.362 e. The van der Waals surface area contributed by atoms with E-state index < -0.39 is 0 Å². The average molecular weight is 215 g/mol. The highest BCUT2D eigenvalue weighted by molar-refractivity contribution is 6.05. The van der Waals surface area contributed by atoms with E-state index in [9.17, 15) is 4.79 Å². The van der Waals surface area contributed by atoms with Crippen molar-refractivity contribution in [1.29, 1.82) is 0 Å². The molecule has 0 aliphatic rings. The summed E-state index contributed by atoms with van der Waals surface area (Å²) in [5.74, 6) is -0.104. The van der Waals surface area contributed by atoms with Crippen molar-refractivity contribution in [3.05, 3.63) is 47.5 Å². The van der Waals surface area contributed by atoms with Gasteiger partial charge in [0.25, 0.3) is 5.91 Å². The highest BCUT2D eigenvalue weighted by Crippen LogP contribution is 2.12. The van der Waals surface area contributed by atoms with Crippen LogP contribution >= 0.6 is 0 Å². The molecule has 0 spiro atoms. The zero-order chi connectivity index (χ0) is 11.5. The monoisotopic (exact) mass is 215 g/mol. The van der Waals surface area contributed by atoms with Crippen LogP contribution < -0.4 is 5.32 Å². The maximum Gasteiger partial charge on any atom is 0.257 e. The molecule has 0 aliphatic carbocycles. The number of aromatic amines is 1. The van der Waals surface area contributed by atoms with Gasteiger partial charge in [0.15, 0.2) is 0 Å². The van der Waals surface area contributed by atoms with Crippen LogP contribution in [0.5, 0.6) is 0 Å². The number of H-pyrrole nitrogens is 1. The third kappa shape index (κ3) is 2.11. The number of rotatable bonds is 2. The molecule has 2 aromatic rings. The molecule has 82 valence electrons. The summed E-state index contributed by atoms with van der Waals surface area (Å²) in [7, 11) is 0. The molecular formula is C12H13N3O. The van der Waals surface area contributed by atoms with Crippen LogP contribution in [0.2, 0.25) is 0 Å². The lowest BCUT2D eigenvalue weighted by Gasteiger charge is -2.03. The van der Waals surface area contributed by atoms with Crippen LogP contribution in [0.15, 0.2) is 30.6 Å². The second-order valence-corrected chi connectivity index (χ2v) is 3.68. The second kappa shape index (κ2) is 4.18. The summed E-state index contributed by atoms with van der Waals surface area (Å²) in [6, 6.07) is 5.35. The quantitative estimate of drug-likeness (QED) is 0.807. The zero-order valence-electron chi connectivity index (χ0n) is 9.24. The number of hydrogen-bond acceptors (Lipinski definition) is 2. The van der Waals surface area contributed by atoms with Gasteiger partial charge in [-0.25, -0.2) is 0 Å². The third-order valence-corrected chi connectivity index (χ3v) is 2.33. The zero-order valence-corrected chi connectivity index (χ0v) is 9.24. The fourth-order valence-electron chi connectivity index (χ4n) is 1.59. The minimum atomic E-state index is -0.104. The Morgan fingerprint density at radius 3 is 2.56 bits per heavy atom. The normalized spacial score (nSPS) is 10.1. The van der Waals surface area contributed by atoms with Gasteiger partial charge in [0.05, 0.1) is 5.56 Å². The minimum absolute atomic E-state index is 0.104.